The van der Waals surface area contributed by atoms with Crippen LogP contribution in [0.15, 0.2) is 72.8 Å². The normalized spacial score (nSPS) is 11.5. The molecule has 0 aliphatic heterocycles. The lowest BCUT2D eigenvalue weighted by molar-refractivity contribution is -0.936. The lowest BCUT2D eigenvalue weighted by Gasteiger charge is -2.36. The SMILES string of the molecule is CC[N+](CC)(CC)Cc1ccc(N(c2ccc(C)cc2)c2ccc(C)cc2)cc1. The van der Waals surface area contributed by atoms with E-state index in [0.717, 1.165) is 11.0 Å². The van der Waals surface area contributed by atoms with Crippen LogP contribution >= 0.6 is 0 Å². The maximum Gasteiger partial charge on any atom is 0.104 e. The van der Waals surface area contributed by atoms with Gasteiger partial charge in [-0.3, -0.25) is 0 Å². The van der Waals surface area contributed by atoms with E-state index < -0.39 is 0 Å². The quantitative estimate of drug-likeness (QED) is 0.371. The number of quaternary nitrogens is 1. The van der Waals surface area contributed by atoms with Gasteiger partial charge in [0, 0.05) is 22.6 Å². The molecule has 0 saturated carbocycles. The van der Waals surface area contributed by atoms with Gasteiger partial charge in [-0.05, 0) is 71.0 Å². The van der Waals surface area contributed by atoms with Crippen molar-refractivity contribution in [2.45, 2.75) is 41.2 Å². The van der Waals surface area contributed by atoms with Gasteiger partial charge in [0.05, 0.1) is 19.6 Å². The second kappa shape index (κ2) is 9.28. The number of nitrogens with zero attached hydrogens (tertiary/aromatic N) is 2. The van der Waals surface area contributed by atoms with Crippen molar-refractivity contribution < 1.29 is 4.48 Å². The summed E-state index contributed by atoms with van der Waals surface area (Å²) in [6.45, 7) is 15.8. The van der Waals surface area contributed by atoms with Crippen LogP contribution in [0.5, 0.6) is 0 Å². The van der Waals surface area contributed by atoms with Crippen molar-refractivity contribution in [1.29, 1.82) is 0 Å². The zero-order chi connectivity index (χ0) is 20.9. The van der Waals surface area contributed by atoms with E-state index in [2.05, 4.69) is 112 Å². The summed E-state index contributed by atoms with van der Waals surface area (Å²) >= 11 is 0. The summed E-state index contributed by atoms with van der Waals surface area (Å²) < 4.78 is 1.14. The van der Waals surface area contributed by atoms with Crippen molar-refractivity contribution in [2.75, 3.05) is 24.5 Å². The fourth-order valence-corrected chi connectivity index (χ4v) is 3.98. The molecule has 0 radical (unpaired) electrons. The Labute approximate surface area is 177 Å². The lowest BCUT2D eigenvalue weighted by atomic mass is 10.1. The molecule has 0 unspecified atom stereocenters. The van der Waals surface area contributed by atoms with E-state index in [-0.39, 0.29) is 0 Å². The van der Waals surface area contributed by atoms with Crippen LogP contribution in [-0.2, 0) is 6.54 Å². The number of aryl methyl sites for hydroxylation is 2. The van der Waals surface area contributed by atoms with E-state index in [1.807, 2.05) is 0 Å². The van der Waals surface area contributed by atoms with Crippen LogP contribution in [0.25, 0.3) is 0 Å². The number of benzene rings is 3. The molecule has 0 amide bonds. The molecule has 3 rings (SSSR count). The van der Waals surface area contributed by atoms with Crippen molar-refractivity contribution >= 4 is 17.1 Å². The molecule has 0 spiro atoms. The van der Waals surface area contributed by atoms with Gasteiger partial charge in [0.2, 0.25) is 0 Å². The fourth-order valence-electron chi connectivity index (χ4n) is 3.98. The topological polar surface area (TPSA) is 3.24 Å². The van der Waals surface area contributed by atoms with E-state index >= 15 is 0 Å². The van der Waals surface area contributed by atoms with Crippen molar-refractivity contribution in [2.24, 2.45) is 0 Å². The summed E-state index contributed by atoms with van der Waals surface area (Å²) in [7, 11) is 0. The summed E-state index contributed by atoms with van der Waals surface area (Å²) in [6.07, 6.45) is 0. The number of hydrogen-bond donors (Lipinski definition) is 0. The Morgan fingerprint density at radius 3 is 1.24 bits per heavy atom. The zero-order valence-electron chi connectivity index (χ0n) is 18.7. The largest absolute Gasteiger partial charge is 0.321 e. The second-order valence-corrected chi connectivity index (χ2v) is 8.12. The molecule has 2 nitrogen and oxygen atoms in total. The van der Waals surface area contributed by atoms with Crippen LogP contribution in [0.4, 0.5) is 17.1 Å². The van der Waals surface area contributed by atoms with E-state index in [0.29, 0.717) is 0 Å². The first-order chi connectivity index (χ1) is 14.0. The molecular formula is C27H35N2+. The van der Waals surface area contributed by atoms with Crippen LogP contribution in [-0.4, -0.2) is 24.1 Å². The van der Waals surface area contributed by atoms with Gasteiger partial charge in [0.1, 0.15) is 6.54 Å². The maximum absolute atomic E-state index is 2.34. The Kier molecular flexibility index (Phi) is 6.76. The first kappa shape index (κ1) is 21.1. The summed E-state index contributed by atoms with van der Waals surface area (Å²) in [5.74, 6) is 0. The highest BCUT2D eigenvalue weighted by atomic mass is 15.3. The molecule has 0 aliphatic rings. The highest BCUT2D eigenvalue weighted by molar-refractivity contribution is 5.76. The van der Waals surface area contributed by atoms with Gasteiger partial charge >= 0.3 is 0 Å². The van der Waals surface area contributed by atoms with Crippen LogP contribution in [0, 0.1) is 13.8 Å². The first-order valence-electron chi connectivity index (χ1n) is 10.9. The highest BCUT2D eigenvalue weighted by Gasteiger charge is 2.21. The average molecular weight is 388 g/mol. The average Bonchev–Trinajstić information content (AvgIpc) is 2.76. The minimum Gasteiger partial charge on any atom is -0.321 e. The van der Waals surface area contributed by atoms with Crippen molar-refractivity contribution in [1.82, 2.24) is 0 Å². The third kappa shape index (κ3) is 4.89. The Morgan fingerprint density at radius 2 is 0.897 bits per heavy atom. The Bertz CT molecular complexity index is 835. The van der Waals surface area contributed by atoms with Gasteiger partial charge in [-0.25, -0.2) is 0 Å². The van der Waals surface area contributed by atoms with Crippen LogP contribution in [0.1, 0.15) is 37.5 Å². The summed E-state index contributed by atoms with van der Waals surface area (Å²) in [5, 5.41) is 0. The zero-order valence-corrected chi connectivity index (χ0v) is 18.7. The third-order valence-corrected chi connectivity index (χ3v) is 6.31. The minimum atomic E-state index is 1.10. The van der Waals surface area contributed by atoms with Gasteiger partial charge in [-0.2, -0.15) is 0 Å². The second-order valence-electron chi connectivity index (χ2n) is 8.12. The van der Waals surface area contributed by atoms with Crippen LogP contribution in [0.3, 0.4) is 0 Å². The van der Waals surface area contributed by atoms with Crippen molar-refractivity contribution in [3.63, 3.8) is 0 Å². The molecule has 29 heavy (non-hydrogen) atoms. The molecule has 0 N–H and O–H groups in total. The van der Waals surface area contributed by atoms with Crippen molar-refractivity contribution in [3.05, 3.63) is 89.5 Å². The maximum atomic E-state index is 2.34. The molecule has 0 saturated heterocycles. The number of rotatable bonds is 8. The Balaban J connectivity index is 1.96. The molecule has 0 atom stereocenters. The van der Waals surface area contributed by atoms with E-state index in [9.17, 15) is 0 Å². The van der Waals surface area contributed by atoms with Gasteiger partial charge < -0.3 is 9.38 Å². The Morgan fingerprint density at radius 1 is 0.552 bits per heavy atom. The third-order valence-electron chi connectivity index (χ3n) is 6.31. The molecule has 0 fully saturated rings. The fraction of sp³-hybridized carbons (Fsp3) is 0.333. The van der Waals surface area contributed by atoms with E-state index in [4.69, 9.17) is 0 Å². The molecule has 2 heteroatoms. The predicted molar refractivity (Wildman–Crippen MR) is 126 cm³/mol. The molecule has 0 heterocycles. The van der Waals surface area contributed by atoms with Crippen LogP contribution in [0.2, 0.25) is 0 Å². The summed E-state index contributed by atoms with van der Waals surface area (Å²) in [5.41, 5.74) is 7.54. The monoisotopic (exact) mass is 387 g/mol. The highest BCUT2D eigenvalue weighted by Crippen LogP contribution is 2.35. The minimum absolute atomic E-state index is 1.10. The van der Waals surface area contributed by atoms with Gasteiger partial charge in [0.15, 0.2) is 0 Å². The predicted octanol–water partition coefficient (Wildman–Crippen LogP) is 7.15. The van der Waals surface area contributed by atoms with Gasteiger partial charge in [-0.15, -0.1) is 0 Å². The number of hydrogen-bond acceptors (Lipinski definition) is 1. The summed E-state index contributed by atoms with van der Waals surface area (Å²) in [4.78, 5) is 2.34. The molecule has 3 aromatic carbocycles. The lowest BCUT2D eigenvalue weighted by Crippen LogP contribution is -2.46. The van der Waals surface area contributed by atoms with Gasteiger partial charge in [0.25, 0.3) is 0 Å². The van der Waals surface area contributed by atoms with E-state index in [1.54, 1.807) is 0 Å². The molecular weight excluding hydrogens is 352 g/mol. The molecule has 3 aromatic rings. The number of anilines is 3. The summed E-state index contributed by atoms with van der Waals surface area (Å²) in [6, 6.07) is 26.7. The van der Waals surface area contributed by atoms with Crippen molar-refractivity contribution in [3.8, 4) is 0 Å². The molecule has 152 valence electrons. The van der Waals surface area contributed by atoms with Gasteiger partial charge in [-0.1, -0.05) is 47.5 Å². The van der Waals surface area contributed by atoms with Crippen LogP contribution < -0.4 is 4.90 Å². The van der Waals surface area contributed by atoms with E-state index in [1.165, 1.54) is 53.4 Å². The molecule has 0 bridgehead atoms. The Hall–Kier alpha value is -2.58. The molecule has 0 aliphatic carbocycles. The first-order valence-corrected chi connectivity index (χ1v) is 10.9. The standard InChI is InChI=1S/C27H35N2/c1-6-29(7-2,8-3)21-24-13-19-27(20-14-24)28(25-15-9-22(4)10-16-25)26-17-11-23(5)12-18-26/h9-20H,6-8,21H2,1-5H3/q+1. The molecule has 0 aromatic heterocycles. The smallest absolute Gasteiger partial charge is 0.104 e.